The minimum Gasteiger partial charge on any atom is -0.444 e. The number of fused-ring (bicyclic) bond motifs is 1. The highest BCUT2D eigenvalue weighted by atomic mass is 19.1. The second kappa shape index (κ2) is 10.1. The van der Waals surface area contributed by atoms with Crippen molar-refractivity contribution in [2.75, 3.05) is 18.4 Å². The number of imidazole rings is 1. The number of nitrogens with one attached hydrogen (secondary N) is 2. The molecule has 4 heterocycles. The average molecular weight is 541 g/mol. The first-order valence-electron chi connectivity index (χ1n) is 13.4. The molecule has 1 atom stereocenters. The van der Waals surface area contributed by atoms with E-state index in [1.807, 2.05) is 0 Å². The van der Waals surface area contributed by atoms with Crippen molar-refractivity contribution in [1.29, 1.82) is 0 Å². The Morgan fingerprint density at radius 1 is 1.21 bits per heavy atom. The van der Waals surface area contributed by atoms with Crippen LogP contribution in [0, 0.1) is 11.6 Å². The van der Waals surface area contributed by atoms with Crippen molar-refractivity contribution in [2.45, 2.75) is 77.0 Å². The second-order valence-electron chi connectivity index (χ2n) is 11.4. The molecule has 1 aliphatic carbocycles. The number of amides is 2. The van der Waals surface area contributed by atoms with Crippen LogP contribution in [0.5, 0.6) is 0 Å². The van der Waals surface area contributed by atoms with Crippen LogP contribution in [-0.2, 0) is 4.74 Å². The Hall–Kier alpha value is -3.76. The second-order valence-corrected chi connectivity index (χ2v) is 11.4. The van der Waals surface area contributed by atoms with E-state index in [1.54, 1.807) is 48.4 Å². The van der Waals surface area contributed by atoms with Crippen LogP contribution < -0.4 is 10.6 Å². The number of hydrogen-bond acceptors (Lipinski definition) is 6. The molecule has 0 radical (unpaired) electrons. The topological polar surface area (TPSA) is 101 Å². The molecule has 1 saturated heterocycles. The number of rotatable bonds is 6. The molecule has 0 bridgehead atoms. The van der Waals surface area contributed by atoms with E-state index in [1.165, 1.54) is 6.20 Å². The Morgan fingerprint density at radius 3 is 2.67 bits per heavy atom. The lowest BCUT2D eigenvalue weighted by Crippen LogP contribution is -2.47. The van der Waals surface area contributed by atoms with Gasteiger partial charge in [0.2, 0.25) is 0 Å². The van der Waals surface area contributed by atoms with Crippen molar-refractivity contribution in [1.82, 2.24) is 24.6 Å². The van der Waals surface area contributed by atoms with E-state index in [0.29, 0.717) is 42.8 Å². The van der Waals surface area contributed by atoms with Crippen molar-refractivity contribution >= 4 is 23.5 Å². The number of carbonyl (C=O) groups excluding carboxylic acids is 2. The monoisotopic (exact) mass is 540 g/mol. The minimum absolute atomic E-state index is 0.0775. The number of likely N-dealkylation sites (tertiary alicyclic amines) is 1. The van der Waals surface area contributed by atoms with Gasteiger partial charge in [-0.1, -0.05) is 6.92 Å². The summed E-state index contributed by atoms with van der Waals surface area (Å²) in [5.41, 5.74) is 0.414. The molecule has 2 aliphatic rings. The number of carbonyl (C=O) groups is 2. The number of aromatic nitrogens is 3. The first-order valence-corrected chi connectivity index (χ1v) is 13.4. The van der Waals surface area contributed by atoms with Crippen LogP contribution in [0.15, 0.2) is 30.6 Å². The third-order valence-corrected chi connectivity index (χ3v) is 7.27. The first-order chi connectivity index (χ1) is 18.5. The van der Waals surface area contributed by atoms with E-state index in [-0.39, 0.29) is 29.0 Å². The average Bonchev–Trinajstić information content (AvgIpc) is 3.53. The van der Waals surface area contributed by atoms with E-state index in [9.17, 15) is 18.4 Å². The summed E-state index contributed by atoms with van der Waals surface area (Å²) in [4.78, 5) is 35.4. The molecule has 0 spiro atoms. The van der Waals surface area contributed by atoms with Gasteiger partial charge in [-0.25, -0.2) is 23.5 Å². The Morgan fingerprint density at radius 2 is 1.97 bits per heavy atom. The van der Waals surface area contributed by atoms with Gasteiger partial charge in [-0.2, -0.15) is 0 Å². The van der Waals surface area contributed by atoms with Crippen molar-refractivity contribution in [3.63, 3.8) is 0 Å². The van der Waals surface area contributed by atoms with Gasteiger partial charge in [0.15, 0.2) is 17.5 Å². The van der Waals surface area contributed by atoms with Gasteiger partial charge in [-0.3, -0.25) is 9.20 Å². The number of anilines is 1. The van der Waals surface area contributed by atoms with Gasteiger partial charge in [-0.15, -0.1) is 0 Å². The fourth-order valence-electron chi connectivity index (χ4n) is 4.86. The molecule has 1 saturated carbocycles. The van der Waals surface area contributed by atoms with Crippen molar-refractivity contribution in [2.24, 2.45) is 0 Å². The van der Waals surface area contributed by atoms with Crippen LogP contribution in [0.25, 0.3) is 17.0 Å². The molecule has 0 aromatic carbocycles. The number of halogens is 2. The molecule has 39 heavy (non-hydrogen) atoms. The predicted octanol–water partition coefficient (Wildman–Crippen LogP) is 5.16. The van der Waals surface area contributed by atoms with Crippen LogP contribution in [0.2, 0.25) is 0 Å². The molecular formula is C28H34F2N6O3. The number of hydrogen-bond donors (Lipinski definition) is 2. The number of ether oxygens (including phenoxy) is 1. The van der Waals surface area contributed by atoms with Crippen molar-refractivity contribution < 1.29 is 23.1 Å². The molecule has 2 amide bonds. The standard InChI is InChI=1S/C28H34F2N6O3/c1-5-28(9-10-28)34-25(37)17-8-12-36-21(15-31-22(36)13-17)23-19(29)14-20(30)24(33-23)32-18-7-6-11-35(16-18)26(38)39-27(2,3)4/h8,12-15,18H,5-7,9-11,16H2,1-4H3,(H,32,33)(H,34,37). The van der Waals surface area contributed by atoms with Gasteiger partial charge in [-0.05, 0) is 65.0 Å². The number of piperidine rings is 1. The fraction of sp³-hybridized carbons (Fsp3) is 0.500. The fourth-order valence-corrected chi connectivity index (χ4v) is 4.86. The molecule has 9 nitrogen and oxygen atoms in total. The number of pyridine rings is 2. The van der Waals surface area contributed by atoms with Gasteiger partial charge < -0.3 is 20.3 Å². The summed E-state index contributed by atoms with van der Waals surface area (Å²) < 4.78 is 36.8. The quantitative estimate of drug-likeness (QED) is 0.448. The van der Waals surface area contributed by atoms with E-state index in [4.69, 9.17) is 4.74 Å². The van der Waals surface area contributed by atoms with Gasteiger partial charge in [0.05, 0.1) is 11.9 Å². The highest BCUT2D eigenvalue weighted by molar-refractivity contribution is 5.95. The minimum atomic E-state index is -0.834. The first kappa shape index (κ1) is 26.8. The summed E-state index contributed by atoms with van der Waals surface area (Å²) in [6.07, 6.45) is 6.86. The van der Waals surface area contributed by atoms with Gasteiger partial charge in [0.25, 0.3) is 5.91 Å². The maximum Gasteiger partial charge on any atom is 0.410 e. The van der Waals surface area contributed by atoms with Crippen molar-refractivity contribution in [3.05, 3.63) is 47.8 Å². The lowest BCUT2D eigenvalue weighted by Gasteiger charge is -2.34. The van der Waals surface area contributed by atoms with Gasteiger partial charge in [0, 0.05) is 42.5 Å². The smallest absolute Gasteiger partial charge is 0.410 e. The van der Waals surface area contributed by atoms with E-state index < -0.39 is 23.3 Å². The summed E-state index contributed by atoms with van der Waals surface area (Å²) in [5, 5.41) is 6.14. The lowest BCUT2D eigenvalue weighted by molar-refractivity contribution is 0.0206. The Kier molecular flexibility index (Phi) is 6.94. The van der Waals surface area contributed by atoms with Crippen LogP contribution in [0.1, 0.15) is 70.2 Å². The summed E-state index contributed by atoms with van der Waals surface area (Å²) in [6.45, 7) is 8.30. The highest BCUT2D eigenvalue weighted by Gasteiger charge is 2.42. The number of nitrogens with zero attached hydrogens (tertiary/aromatic N) is 4. The third kappa shape index (κ3) is 5.81. The van der Waals surface area contributed by atoms with Crippen LogP contribution in [0.4, 0.5) is 19.4 Å². The van der Waals surface area contributed by atoms with E-state index in [2.05, 4.69) is 27.5 Å². The summed E-state index contributed by atoms with van der Waals surface area (Å²) in [5.74, 6) is -1.95. The molecule has 1 aliphatic heterocycles. The summed E-state index contributed by atoms with van der Waals surface area (Å²) in [6, 6.07) is 3.79. The molecule has 3 aromatic rings. The van der Waals surface area contributed by atoms with Crippen LogP contribution in [-0.4, -0.2) is 61.5 Å². The molecule has 3 aromatic heterocycles. The third-order valence-electron chi connectivity index (χ3n) is 7.27. The molecule has 11 heteroatoms. The molecule has 1 unspecified atom stereocenters. The summed E-state index contributed by atoms with van der Waals surface area (Å²) in [7, 11) is 0. The van der Waals surface area contributed by atoms with Gasteiger partial charge in [0.1, 0.15) is 16.9 Å². The zero-order chi connectivity index (χ0) is 27.9. The largest absolute Gasteiger partial charge is 0.444 e. The molecule has 208 valence electrons. The Bertz CT molecular complexity index is 1410. The Labute approximate surface area is 226 Å². The lowest BCUT2D eigenvalue weighted by atomic mass is 10.1. The van der Waals surface area contributed by atoms with E-state index >= 15 is 0 Å². The predicted molar refractivity (Wildman–Crippen MR) is 143 cm³/mol. The maximum absolute atomic E-state index is 15.0. The van der Waals surface area contributed by atoms with E-state index in [0.717, 1.165) is 25.3 Å². The normalized spacial score (nSPS) is 18.6. The molecule has 2 fully saturated rings. The van der Waals surface area contributed by atoms with Crippen LogP contribution >= 0.6 is 0 Å². The van der Waals surface area contributed by atoms with Gasteiger partial charge >= 0.3 is 6.09 Å². The zero-order valence-corrected chi connectivity index (χ0v) is 22.7. The maximum atomic E-state index is 15.0. The highest BCUT2D eigenvalue weighted by Crippen LogP contribution is 2.38. The SMILES string of the molecule is CCC1(NC(=O)c2ccn3c(-c4nc(NC5CCCN(C(=O)OC(C)(C)C)C5)c(F)cc4F)cnc3c2)CC1. The Balaban J connectivity index is 1.35. The van der Waals surface area contributed by atoms with Crippen LogP contribution in [0.3, 0.4) is 0 Å². The zero-order valence-electron chi connectivity index (χ0n) is 22.7. The summed E-state index contributed by atoms with van der Waals surface area (Å²) >= 11 is 0. The molecular weight excluding hydrogens is 506 g/mol. The molecule has 5 rings (SSSR count). The molecule has 2 N–H and O–H groups in total. The van der Waals surface area contributed by atoms with Crippen molar-refractivity contribution in [3.8, 4) is 11.4 Å².